The summed E-state index contributed by atoms with van der Waals surface area (Å²) in [6.07, 6.45) is 0. The highest BCUT2D eigenvalue weighted by atomic mass is 16.5. The van der Waals surface area contributed by atoms with Gasteiger partial charge in [-0.1, -0.05) is 30.3 Å². The first-order valence-corrected chi connectivity index (χ1v) is 8.02. The molecule has 1 atom stereocenters. The number of carbonyl (C=O) groups excluding carboxylic acids is 3. The molecule has 1 aliphatic rings. The van der Waals surface area contributed by atoms with E-state index >= 15 is 0 Å². The summed E-state index contributed by atoms with van der Waals surface area (Å²) in [5.74, 6) is -0.649. The molecule has 0 aliphatic carbocycles. The lowest BCUT2D eigenvalue weighted by atomic mass is 10.2. The van der Waals surface area contributed by atoms with E-state index in [0.29, 0.717) is 13.1 Å². The van der Waals surface area contributed by atoms with E-state index in [2.05, 4.69) is 0 Å². The van der Waals surface area contributed by atoms with Crippen LogP contribution in [0.15, 0.2) is 30.3 Å². The van der Waals surface area contributed by atoms with E-state index in [4.69, 9.17) is 4.74 Å². The quantitative estimate of drug-likeness (QED) is 0.768. The van der Waals surface area contributed by atoms with Crippen LogP contribution in [0.5, 0.6) is 0 Å². The topological polar surface area (TPSA) is 70.2 Å². The van der Waals surface area contributed by atoms with Gasteiger partial charge >= 0.3 is 12.0 Å². The van der Waals surface area contributed by atoms with E-state index in [-0.39, 0.29) is 25.1 Å². The molecule has 7 nitrogen and oxygen atoms in total. The van der Waals surface area contributed by atoms with Crippen molar-refractivity contribution in [2.45, 2.75) is 33.4 Å². The summed E-state index contributed by atoms with van der Waals surface area (Å²) >= 11 is 0. The standard InChI is InChI=1S/C17H23N3O4/c1-4-24-16(22)13(2)18-10-11-19(14(3)21)20(17(18)23)12-15-8-6-5-7-9-15/h5-9,13H,4,10-12H2,1-3H3/t13-/m0/s1. The predicted octanol–water partition coefficient (Wildman–Crippen LogP) is 1.64. The molecule has 2 rings (SSSR count). The molecule has 0 N–H and O–H groups in total. The zero-order chi connectivity index (χ0) is 17.7. The zero-order valence-corrected chi connectivity index (χ0v) is 14.3. The van der Waals surface area contributed by atoms with Crippen LogP contribution in [-0.4, -0.2) is 58.6 Å². The maximum Gasteiger partial charge on any atom is 0.340 e. The Hall–Kier alpha value is -2.57. The predicted molar refractivity (Wildman–Crippen MR) is 87.6 cm³/mol. The zero-order valence-electron chi connectivity index (χ0n) is 14.3. The summed E-state index contributed by atoms with van der Waals surface area (Å²) in [5.41, 5.74) is 0.905. The molecule has 7 heteroatoms. The molecule has 0 unspecified atom stereocenters. The third-order valence-corrected chi connectivity index (χ3v) is 3.94. The van der Waals surface area contributed by atoms with Crippen LogP contribution in [0, 0.1) is 0 Å². The molecule has 0 aromatic heterocycles. The van der Waals surface area contributed by atoms with Crippen molar-refractivity contribution in [3.8, 4) is 0 Å². The van der Waals surface area contributed by atoms with E-state index in [1.807, 2.05) is 30.3 Å². The third kappa shape index (κ3) is 3.84. The van der Waals surface area contributed by atoms with Gasteiger partial charge in [0.15, 0.2) is 0 Å². The summed E-state index contributed by atoms with van der Waals surface area (Å²) in [4.78, 5) is 38.1. The fraction of sp³-hybridized carbons (Fsp3) is 0.471. The van der Waals surface area contributed by atoms with Gasteiger partial charge < -0.3 is 9.64 Å². The minimum atomic E-state index is -0.690. The molecule has 0 radical (unpaired) electrons. The maximum atomic E-state index is 12.8. The molecular weight excluding hydrogens is 310 g/mol. The highest BCUT2D eigenvalue weighted by molar-refractivity contribution is 5.86. The fourth-order valence-corrected chi connectivity index (χ4v) is 2.66. The number of rotatable bonds is 5. The SMILES string of the molecule is CCOC(=O)[C@H](C)N1CCN(C(C)=O)N(Cc2ccccc2)C1=O. The molecule has 0 saturated carbocycles. The van der Waals surface area contributed by atoms with Crippen molar-refractivity contribution in [3.05, 3.63) is 35.9 Å². The van der Waals surface area contributed by atoms with Crippen LogP contribution in [0.25, 0.3) is 0 Å². The summed E-state index contributed by atoms with van der Waals surface area (Å²) in [6.45, 7) is 5.96. The van der Waals surface area contributed by atoms with E-state index in [0.717, 1.165) is 5.56 Å². The molecule has 1 heterocycles. The monoisotopic (exact) mass is 333 g/mol. The minimum absolute atomic E-state index is 0.206. The Morgan fingerprint density at radius 1 is 1.21 bits per heavy atom. The lowest BCUT2D eigenvalue weighted by Crippen LogP contribution is -2.63. The number of hydrazine groups is 1. The van der Waals surface area contributed by atoms with E-state index in [9.17, 15) is 14.4 Å². The first-order chi connectivity index (χ1) is 11.5. The van der Waals surface area contributed by atoms with Gasteiger partial charge in [0.2, 0.25) is 5.91 Å². The van der Waals surface area contributed by atoms with Crippen molar-refractivity contribution in [2.75, 3.05) is 19.7 Å². The van der Waals surface area contributed by atoms with Gasteiger partial charge in [0.05, 0.1) is 19.7 Å². The Kier molecular flexibility index (Phi) is 5.78. The Balaban J connectivity index is 2.20. The van der Waals surface area contributed by atoms with Crippen LogP contribution in [-0.2, 0) is 20.9 Å². The van der Waals surface area contributed by atoms with Crippen LogP contribution < -0.4 is 0 Å². The van der Waals surface area contributed by atoms with E-state index in [1.165, 1.54) is 21.8 Å². The van der Waals surface area contributed by atoms with Crippen molar-refractivity contribution >= 4 is 17.9 Å². The molecule has 24 heavy (non-hydrogen) atoms. The molecule has 1 aliphatic heterocycles. The lowest BCUT2D eigenvalue weighted by molar-refractivity contribution is -0.154. The van der Waals surface area contributed by atoms with Gasteiger partial charge in [-0.3, -0.25) is 4.79 Å². The van der Waals surface area contributed by atoms with Crippen LogP contribution >= 0.6 is 0 Å². The van der Waals surface area contributed by atoms with Crippen LogP contribution in [0.3, 0.4) is 0 Å². The molecule has 0 bridgehead atoms. The second kappa shape index (κ2) is 7.81. The molecule has 3 amide bonds. The molecule has 130 valence electrons. The highest BCUT2D eigenvalue weighted by Crippen LogP contribution is 2.18. The number of hydrogen-bond acceptors (Lipinski definition) is 4. The van der Waals surface area contributed by atoms with Gasteiger partial charge in [-0.15, -0.1) is 0 Å². The summed E-state index contributed by atoms with van der Waals surface area (Å²) in [6, 6.07) is 8.35. The summed E-state index contributed by atoms with van der Waals surface area (Å²) in [7, 11) is 0. The Morgan fingerprint density at radius 2 is 1.88 bits per heavy atom. The Labute approximate surface area is 141 Å². The van der Waals surface area contributed by atoms with Crippen LogP contribution in [0.2, 0.25) is 0 Å². The fourth-order valence-electron chi connectivity index (χ4n) is 2.66. The van der Waals surface area contributed by atoms with Crippen molar-refractivity contribution < 1.29 is 19.1 Å². The van der Waals surface area contributed by atoms with E-state index < -0.39 is 12.0 Å². The summed E-state index contributed by atoms with van der Waals surface area (Å²) in [5, 5.41) is 2.81. The van der Waals surface area contributed by atoms with Crippen molar-refractivity contribution in [2.24, 2.45) is 0 Å². The second-order valence-corrected chi connectivity index (χ2v) is 5.59. The van der Waals surface area contributed by atoms with E-state index in [1.54, 1.807) is 13.8 Å². The molecule has 1 aromatic carbocycles. The molecule has 0 spiro atoms. The average molecular weight is 333 g/mol. The highest BCUT2D eigenvalue weighted by Gasteiger charge is 2.38. The Bertz CT molecular complexity index is 605. The number of benzene rings is 1. The largest absolute Gasteiger partial charge is 0.464 e. The Morgan fingerprint density at radius 3 is 2.46 bits per heavy atom. The van der Waals surface area contributed by atoms with Crippen LogP contribution in [0.4, 0.5) is 4.79 Å². The van der Waals surface area contributed by atoms with Gasteiger partial charge in [0.1, 0.15) is 6.04 Å². The van der Waals surface area contributed by atoms with Gasteiger partial charge in [-0.25, -0.2) is 19.6 Å². The van der Waals surface area contributed by atoms with Crippen molar-refractivity contribution in [1.29, 1.82) is 0 Å². The van der Waals surface area contributed by atoms with Crippen molar-refractivity contribution in [3.63, 3.8) is 0 Å². The normalized spacial score (nSPS) is 16.1. The van der Waals surface area contributed by atoms with Gasteiger partial charge in [0, 0.05) is 13.5 Å². The lowest BCUT2D eigenvalue weighted by Gasteiger charge is -2.44. The third-order valence-electron chi connectivity index (χ3n) is 3.94. The summed E-state index contributed by atoms with van der Waals surface area (Å²) < 4.78 is 5.00. The molecule has 1 aromatic rings. The number of urea groups is 1. The first-order valence-electron chi connectivity index (χ1n) is 8.02. The smallest absolute Gasteiger partial charge is 0.340 e. The molecule has 1 saturated heterocycles. The minimum Gasteiger partial charge on any atom is -0.464 e. The van der Waals surface area contributed by atoms with Crippen LogP contribution in [0.1, 0.15) is 26.3 Å². The maximum absolute atomic E-state index is 12.8. The van der Waals surface area contributed by atoms with Crippen molar-refractivity contribution in [1.82, 2.24) is 14.9 Å². The van der Waals surface area contributed by atoms with Gasteiger partial charge in [-0.05, 0) is 19.4 Å². The van der Waals surface area contributed by atoms with Gasteiger partial charge in [0.25, 0.3) is 0 Å². The average Bonchev–Trinajstić information content (AvgIpc) is 2.57. The number of ether oxygens (including phenoxy) is 1. The first kappa shape index (κ1) is 17.8. The number of esters is 1. The van der Waals surface area contributed by atoms with Gasteiger partial charge in [-0.2, -0.15) is 0 Å². The molecule has 1 fully saturated rings. The second-order valence-electron chi connectivity index (χ2n) is 5.59. The molecular formula is C17H23N3O4. The number of amides is 3. The number of hydrogen-bond donors (Lipinski definition) is 0. The number of nitrogens with zero attached hydrogens (tertiary/aromatic N) is 3. The number of carbonyl (C=O) groups is 3.